The van der Waals surface area contributed by atoms with Gasteiger partial charge in [-0.25, -0.2) is 13.1 Å². The maximum absolute atomic E-state index is 12.4. The van der Waals surface area contributed by atoms with Crippen LogP contribution in [0.4, 0.5) is 0 Å². The van der Waals surface area contributed by atoms with Gasteiger partial charge in [0.1, 0.15) is 10.6 Å². The van der Waals surface area contributed by atoms with Gasteiger partial charge in [0.05, 0.1) is 13.7 Å². The average Bonchev–Trinajstić information content (AvgIpc) is 2.36. The van der Waals surface area contributed by atoms with Crippen molar-refractivity contribution in [1.29, 1.82) is 0 Å². The second-order valence-corrected chi connectivity index (χ2v) is 7.15. The molecule has 0 radical (unpaired) electrons. The SMILES string of the molecule is COc1ccc(C#CCCO)cc1S(=O)(=O)NC(C)(C)C. The molecule has 21 heavy (non-hydrogen) atoms. The van der Waals surface area contributed by atoms with Crippen LogP contribution in [0, 0.1) is 11.8 Å². The molecule has 0 bridgehead atoms. The molecule has 6 heteroatoms. The molecule has 0 saturated carbocycles. The Balaban J connectivity index is 3.27. The van der Waals surface area contributed by atoms with E-state index in [0.717, 1.165) is 0 Å². The molecule has 0 spiro atoms. The largest absolute Gasteiger partial charge is 0.495 e. The van der Waals surface area contributed by atoms with Crippen molar-refractivity contribution < 1.29 is 18.3 Å². The number of aliphatic hydroxyl groups is 1. The van der Waals surface area contributed by atoms with Gasteiger partial charge in [0.15, 0.2) is 0 Å². The second kappa shape index (κ2) is 6.94. The Morgan fingerprint density at radius 2 is 2.00 bits per heavy atom. The van der Waals surface area contributed by atoms with E-state index in [4.69, 9.17) is 9.84 Å². The highest BCUT2D eigenvalue weighted by Gasteiger charge is 2.25. The maximum Gasteiger partial charge on any atom is 0.244 e. The van der Waals surface area contributed by atoms with Gasteiger partial charge in [-0.05, 0) is 39.0 Å². The minimum atomic E-state index is -3.71. The van der Waals surface area contributed by atoms with E-state index in [-0.39, 0.29) is 17.3 Å². The highest BCUT2D eigenvalue weighted by Crippen LogP contribution is 2.25. The molecule has 0 fully saturated rings. The summed E-state index contributed by atoms with van der Waals surface area (Å²) in [5, 5.41) is 8.71. The molecule has 0 unspecified atom stereocenters. The fourth-order valence-corrected chi connectivity index (χ4v) is 3.26. The standard InChI is InChI=1S/C15H21NO4S/c1-15(2,3)16-21(18,19)14-11-12(7-5-6-10-17)8-9-13(14)20-4/h8-9,11,16-17H,6,10H2,1-4H3. The molecule has 0 aliphatic carbocycles. The van der Waals surface area contributed by atoms with Gasteiger partial charge < -0.3 is 9.84 Å². The Labute approximate surface area is 126 Å². The van der Waals surface area contributed by atoms with Crippen LogP contribution in [0.25, 0.3) is 0 Å². The molecule has 0 aliphatic heterocycles. The molecule has 1 rings (SSSR count). The van der Waals surface area contributed by atoms with Crippen LogP contribution in [0.15, 0.2) is 23.1 Å². The molecule has 1 aromatic carbocycles. The molecule has 2 N–H and O–H groups in total. The van der Waals surface area contributed by atoms with Crippen molar-refractivity contribution in [3.05, 3.63) is 23.8 Å². The molecule has 0 amide bonds. The molecule has 0 aliphatic rings. The number of aliphatic hydroxyl groups excluding tert-OH is 1. The molecule has 0 atom stereocenters. The van der Waals surface area contributed by atoms with Gasteiger partial charge in [-0.15, -0.1) is 0 Å². The van der Waals surface area contributed by atoms with Gasteiger partial charge in [0.25, 0.3) is 0 Å². The fourth-order valence-electron chi connectivity index (χ4n) is 1.64. The van der Waals surface area contributed by atoms with Crippen LogP contribution in [-0.4, -0.2) is 32.8 Å². The first kappa shape index (κ1) is 17.5. The zero-order valence-corrected chi connectivity index (χ0v) is 13.5. The van der Waals surface area contributed by atoms with Crippen LogP contribution >= 0.6 is 0 Å². The normalized spacial score (nSPS) is 11.7. The molecule has 5 nitrogen and oxygen atoms in total. The summed E-state index contributed by atoms with van der Waals surface area (Å²) in [6, 6.07) is 4.72. The van der Waals surface area contributed by atoms with Crippen molar-refractivity contribution in [1.82, 2.24) is 4.72 Å². The molecule has 0 saturated heterocycles. The van der Waals surface area contributed by atoms with Gasteiger partial charge in [-0.3, -0.25) is 0 Å². The summed E-state index contributed by atoms with van der Waals surface area (Å²) in [5.74, 6) is 5.84. The zero-order valence-electron chi connectivity index (χ0n) is 12.7. The Morgan fingerprint density at radius 1 is 1.33 bits per heavy atom. The van der Waals surface area contributed by atoms with Crippen LogP contribution in [0.2, 0.25) is 0 Å². The summed E-state index contributed by atoms with van der Waals surface area (Å²) < 4.78 is 32.6. The van der Waals surface area contributed by atoms with E-state index in [0.29, 0.717) is 12.0 Å². The van der Waals surface area contributed by atoms with Crippen molar-refractivity contribution in [2.45, 2.75) is 37.6 Å². The van der Waals surface area contributed by atoms with Crippen LogP contribution in [0.3, 0.4) is 0 Å². The second-order valence-electron chi connectivity index (χ2n) is 5.50. The van der Waals surface area contributed by atoms with Crippen LogP contribution in [-0.2, 0) is 10.0 Å². The molecule has 1 aromatic rings. The lowest BCUT2D eigenvalue weighted by atomic mass is 10.1. The summed E-state index contributed by atoms with van der Waals surface area (Å²) in [6.07, 6.45) is 0.342. The Hall–Kier alpha value is -1.55. The minimum absolute atomic E-state index is 0.0279. The quantitative estimate of drug-likeness (QED) is 0.827. The number of hydrogen-bond donors (Lipinski definition) is 2. The monoisotopic (exact) mass is 311 g/mol. The first-order valence-corrected chi connectivity index (χ1v) is 7.99. The van der Waals surface area contributed by atoms with E-state index < -0.39 is 15.6 Å². The molecular formula is C15H21NO4S. The molecule has 0 aromatic heterocycles. The number of ether oxygens (including phenoxy) is 1. The Bertz CT molecular complexity index is 648. The predicted octanol–water partition coefficient (Wildman–Crippen LogP) is 1.51. The van der Waals surface area contributed by atoms with Crippen LogP contribution in [0.5, 0.6) is 5.75 Å². The first-order valence-electron chi connectivity index (χ1n) is 6.51. The lowest BCUT2D eigenvalue weighted by Crippen LogP contribution is -2.40. The van der Waals surface area contributed by atoms with Gasteiger partial charge in [-0.2, -0.15) is 0 Å². The molecule has 116 valence electrons. The summed E-state index contributed by atoms with van der Waals surface area (Å²) >= 11 is 0. The van der Waals surface area contributed by atoms with Gasteiger partial charge in [-0.1, -0.05) is 11.8 Å². The van der Waals surface area contributed by atoms with E-state index in [1.54, 1.807) is 32.9 Å². The molecular weight excluding hydrogens is 290 g/mol. The van der Waals surface area contributed by atoms with E-state index in [1.807, 2.05) is 0 Å². The Morgan fingerprint density at radius 3 is 2.52 bits per heavy atom. The number of sulfonamides is 1. The lowest BCUT2D eigenvalue weighted by Gasteiger charge is -2.21. The highest BCUT2D eigenvalue weighted by atomic mass is 32.2. The van der Waals surface area contributed by atoms with Gasteiger partial charge in [0.2, 0.25) is 10.0 Å². The van der Waals surface area contributed by atoms with Gasteiger partial charge in [0, 0.05) is 17.5 Å². The average molecular weight is 311 g/mol. The van der Waals surface area contributed by atoms with E-state index >= 15 is 0 Å². The maximum atomic E-state index is 12.4. The Kier molecular flexibility index (Phi) is 5.78. The van der Waals surface area contributed by atoms with Crippen LogP contribution in [0.1, 0.15) is 32.8 Å². The molecule has 0 heterocycles. The highest BCUT2D eigenvalue weighted by molar-refractivity contribution is 7.89. The fraction of sp³-hybridized carbons (Fsp3) is 0.467. The lowest BCUT2D eigenvalue weighted by molar-refractivity contribution is 0.305. The topological polar surface area (TPSA) is 75.6 Å². The smallest absolute Gasteiger partial charge is 0.244 e. The summed E-state index contributed by atoms with van der Waals surface area (Å²) in [6.45, 7) is 5.27. The van der Waals surface area contributed by atoms with Crippen molar-refractivity contribution >= 4 is 10.0 Å². The van der Waals surface area contributed by atoms with E-state index in [9.17, 15) is 8.42 Å². The third-order valence-corrected chi connectivity index (χ3v) is 4.14. The summed E-state index contributed by atoms with van der Waals surface area (Å²) in [7, 11) is -2.29. The van der Waals surface area contributed by atoms with Crippen LogP contribution < -0.4 is 9.46 Å². The predicted molar refractivity (Wildman–Crippen MR) is 81.6 cm³/mol. The minimum Gasteiger partial charge on any atom is -0.495 e. The third-order valence-electron chi connectivity index (χ3n) is 2.36. The number of benzene rings is 1. The number of hydrogen-bond acceptors (Lipinski definition) is 4. The number of methoxy groups -OCH3 is 1. The van der Waals surface area contributed by atoms with Crippen molar-refractivity contribution in [3.63, 3.8) is 0 Å². The van der Waals surface area contributed by atoms with Crippen molar-refractivity contribution in [2.24, 2.45) is 0 Å². The zero-order chi connectivity index (χ0) is 16.1. The van der Waals surface area contributed by atoms with Crippen molar-refractivity contribution in [2.75, 3.05) is 13.7 Å². The number of nitrogens with one attached hydrogen (secondary N) is 1. The first-order chi connectivity index (χ1) is 9.69. The third kappa shape index (κ3) is 5.38. The van der Waals surface area contributed by atoms with Crippen molar-refractivity contribution in [3.8, 4) is 17.6 Å². The summed E-state index contributed by atoms with van der Waals surface area (Å²) in [4.78, 5) is 0.0516. The van der Waals surface area contributed by atoms with E-state index in [2.05, 4.69) is 16.6 Å². The van der Waals surface area contributed by atoms with Gasteiger partial charge >= 0.3 is 0 Å². The number of rotatable bonds is 4. The summed E-state index contributed by atoms with van der Waals surface area (Å²) in [5.41, 5.74) is -0.0406. The van der Waals surface area contributed by atoms with E-state index in [1.165, 1.54) is 13.2 Å².